The van der Waals surface area contributed by atoms with Gasteiger partial charge in [-0.3, -0.25) is 9.48 Å². The van der Waals surface area contributed by atoms with E-state index in [-0.39, 0.29) is 24.2 Å². The summed E-state index contributed by atoms with van der Waals surface area (Å²) >= 11 is 9.79. The summed E-state index contributed by atoms with van der Waals surface area (Å²) in [6.07, 6.45) is 3.13. The second-order valence-corrected chi connectivity index (χ2v) is 5.08. The Hall–Kier alpha value is -1.21. The Morgan fingerprint density at radius 2 is 2.30 bits per heavy atom. The highest BCUT2D eigenvalue weighted by atomic mass is 35.5. The highest BCUT2D eigenvalue weighted by Crippen LogP contribution is 2.08. The average Bonchev–Trinajstić information content (AvgIpc) is 2.81. The van der Waals surface area contributed by atoms with Gasteiger partial charge in [0.1, 0.15) is 6.04 Å². The van der Waals surface area contributed by atoms with E-state index in [9.17, 15) is 9.59 Å². The number of halogens is 1. The van der Waals surface area contributed by atoms with E-state index < -0.39 is 12.0 Å². The van der Waals surface area contributed by atoms with Gasteiger partial charge >= 0.3 is 5.97 Å². The molecule has 0 bridgehead atoms. The summed E-state index contributed by atoms with van der Waals surface area (Å²) in [6, 6.07) is -0.741. The van der Waals surface area contributed by atoms with Gasteiger partial charge in [-0.15, -0.1) is 0 Å². The molecule has 6 nitrogen and oxygen atoms in total. The highest BCUT2D eigenvalue weighted by Gasteiger charge is 2.23. The summed E-state index contributed by atoms with van der Waals surface area (Å²) in [5, 5.41) is 7.13. The van der Waals surface area contributed by atoms with Crippen LogP contribution in [-0.4, -0.2) is 40.1 Å². The molecule has 0 aliphatic rings. The van der Waals surface area contributed by atoms with Gasteiger partial charge in [-0.05, 0) is 6.92 Å². The van der Waals surface area contributed by atoms with Crippen molar-refractivity contribution in [3.8, 4) is 0 Å². The third kappa shape index (κ3) is 5.05. The van der Waals surface area contributed by atoms with Crippen molar-refractivity contribution >= 4 is 36.1 Å². The molecule has 0 saturated carbocycles. The topological polar surface area (TPSA) is 73.2 Å². The molecule has 0 saturated heterocycles. The van der Waals surface area contributed by atoms with Gasteiger partial charge in [-0.25, -0.2) is 4.79 Å². The fourth-order valence-corrected chi connectivity index (χ4v) is 1.93. The zero-order valence-electron chi connectivity index (χ0n) is 11.4. The molecule has 0 radical (unpaired) electrons. The van der Waals surface area contributed by atoms with Gasteiger partial charge in [0.15, 0.2) is 0 Å². The number of esters is 1. The standard InChI is InChI=1S/C12H18ClN3O3S/c1-3-19-12(18)10(7-20)15-11(17)8(2)5-16-6-9(13)4-14-16/h4,6,8,10,20H,3,5,7H2,1-2H3,(H,15,17)/t8?,10-/m0/s1. The molecule has 1 amide bonds. The lowest BCUT2D eigenvalue weighted by atomic mass is 10.1. The smallest absolute Gasteiger partial charge is 0.329 e. The number of aromatic nitrogens is 2. The Morgan fingerprint density at radius 3 is 2.80 bits per heavy atom. The van der Waals surface area contributed by atoms with Crippen molar-refractivity contribution in [1.29, 1.82) is 0 Å². The molecule has 112 valence electrons. The number of rotatable bonds is 7. The van der Waals surface area contributed by atoms with Gasteiger partial charge in [-0.1, -0.05) is 18.5 Å². The Balaban J connectivity index is 2.53. The lowest BCUT2D eigenvalue weighted by Gasteiger charge is -2.18. The molecule has 0 aromatic carbocycles. The lowest BCUT2D eigenvalue weighted by molar-refractivity contribution is -0.147. The van der Waals surface area contributed by atoms with Crippen LogP contribution in [-0.2, 0) is 20.9 Å². The Kier molecular flexibility index (Phi) is 6.87. The number of ether oxygens (including phenoxy) is 1. The molecule has 20 heavy (non-hydrogen) atoms. The number of nitrogens with one attached hydrogen (secondary N) is 1. The molecule has 0 aliphatic carbocycles. The van der Waals surface area contributed by atoms with Crippen LogP contribution in [0.25, 0.3) is 0 Å². The number of carbonyl (C=O) groups excluding carboxylic acids is 2. The molecular formula is C12H18ClN3O3S. The van der Waals surface area contributed by atoms with Crippen molar-refractivity contribution in [3.05, 3.63) is 17.4 Å². The maximum atomic E-state index is 12.0. The van der Waals surface area contributed by atoms with Crippen LogP contribution in [0.3, 0.4) is 0 Å². The Labute approximate surface area is 128 Å². The average molecular weight is 320 g/mol. The highest BCUT2D eigenvalue weighted by molar-refractivity contribution is 7.80. The number of nitrogens with zero attached hydrogens (tertiary/aromatic N) is 2. The van der Waals surface area contributed by atoms with Gasteiger partial charge < -0.3 is 10.1 Å². The van der Waals surface area contributed by atoms with Crippen LogP contribution in [0.15, 0.2) is 12.4 Å². The SMILES string of the molecule is CCOC(=O)[C@H](CS)NC(=O)C(C)Cn1cc(Cl)cn1. The first kappa shape index (κ1) is 16.8. The third-order valence-electron chi connectivity index (χ3n) is 2.58. The van der Waals surface area contributed by atoms with Gasteiger partial charge in [-0.2, -0.15) is 17.7 Å². The maximum Gasteiger partial charge on any atom is 0.329 e. The molecule has 0 spiro atoms. The van der Waals surface area contributed by atoms with Crippen molar-refractivity contribution in [2.24, 2.45) is 5.92 Å². The number of thiol groups is 1. The summed E-state index contributed by atoms with van der Waals surface area (Å²) in [5.41, 5.74) is 0. The predicted molar refractivity (Wildman–Crippen MR) is 78.8 cm³/mol. The molecule has 0 fully saturated rings. The van der Waals surface area contributed by atoms with E-state index in [1.54, 1.807) is 24.7 Å². The largest absolute Gasteiger partial charge is 0.464 e. The molecule has 8 heteroatoms. The summed E-state index contributed by atoms with van der Waals surface area (Å²) < 4.78 is 6.44. The van der Waals surface area contributed by atoms with Crippen LogP contribution in [0.5, 0.6) is 0 Å². The van der Waals surface area contributed by atoms with Crippen molar-refractivity contribution in [2.75, 3.05) is 12.4 Å². The third-order valence-corrected chi connectivity index (χ3v) is 3.14. The molecule has 2 atom stereocenters. The van der Waals surface area contributed by atoms with Crippen LogP contribution in [0.2, 0.25) is 5.02 Å². The van der Waals surface area contributed by atoms with Gasteiger partial charge in [0.05, 0.1) is 30.3 Å². The summed E-state index contributed by atoms with van der Waals surface area (Å²) in [7, 11) is 0. The normalized spacial score (nSPS) is 13.6. The van der Waals surface area contributed by atoms with E-state index in [4.69, 9.17) is 16.3 Å². The Bertz CT molecular complexity index is 467. The van der Waals surface area contributed by atoms with Gasteiger partial charge in [0.25, 0.3) is 0 Å². The molecule has 1 rings (SSSR count). The minimum atomic E-state index is -0.741. The van der Waals surface area contributed by atoms with Crippen LogP contribution in [0, 0.1) is 5.92 Å². The first-order valence-corrected chi connectivity index (χ1v) is 7.24. The summed E-state index contributed by atoms with van der Waals surface area (Å²) in [6.45, 7) is 4.09. The van der Waals surface area contributed by atoms with E-state index in [2.05, 4.69) is 23.0 Å². The monoisotopic (exact) mass is 319 g/mol. The van der Waals surface area contributed by atoms with E-state index in [1.807, 2.05) is 0 Å². The predicted octanol–water partition coefficient (Wildman–Crippen LogP) is 1.15. The zero-order valence-corrected chi connectivity index (χ0v) is 13.0. The number of amides is 1. The fraction of sp³-hybridized carbons (Fsp3) is 0.583. The molecule has 1 unspecified atom stereocenters. The fourth-order valence-electron chi connectivity index (χ4n) is 1.54. The van der Waals surface area contributed by atoms with Crippen LogP contribution < -0.4 is 5.32 Å². The zero-order chi connectivity index (χ0) is 15.1. The first-order chi connectivity index (χ1) is 9.47. The van der Waals surface area contributed by atoms with E-state index >= 15 is 0 Å². The van der Waals surface area contributed by atoms with E-state index in [1.165, 1.54) is 6.20 Å². The second kappa shape index (κ2) is 8.16. The first-order valence-electron chi connectivity index (χ1n) is 6.23. The van der Waals surface area contributed by atoms with Crippen LogP contribution in [0.4, 0.5) is 0 Å². The van der Waals surface area contributed by atoms with E-state index in [0.717, 1.165) is 0 Å². The van der Waals surface area contributed by atoms with E-state index in [0.29, 0.717) is 11.6 Å². The molecule has 1 heterocycles. The molecule has 1 aromatic rings. The van der Waals surface area contributed by atoms with Crippen molar-refractivity contribution in [3.63, 3.8) is 0 Å². The lowest BCUT2D eigenvalue weighted by Crippen LogP contribution is -2.45. The van der Waals surface area contributed by atoms with Crippen molar-refractivity contribution in [1.82, 2.24) is 15.1 Å². The van der Waals surface area contributed by atoms with Crippen LogP contribution in [0.1, 0.15) is 13.8 Å². The molecule has 1 N–H and O–H groups in total. The van der Waals surface area contributed by atoms with Crippen LogP contribution >= 0.6 is 24.2 Å². The number of hydrogen-bond acceptors (Lipinski definition) is 5. The summed E-state index contributed by atoms with van der Waals surface area (Å²) in [5.74, 6) is -0.915. The summed E-state index contributed by atoms with van der Waals surface area (Å²) in [4.78, 5) is 23.6. The molecule has 0 aliphatic heterocycles. The number of hydrogen-bond donors (Lipinski definition) is 2. The van der Waals surface area contributed by atoms with Gasteiger partial charge in [0.2, 0.25) is 5.91 Å². The molecule has 1 aromatic heterocycles. The maximum absolute atomic E-state index is 12.0. The van der Waals surface area contributed by atoms with Gasteiger partial charge in [0, 0.05) is 11.9 Å². The molecular weight excluding hydrogens is 302 g/mol. The minimum Gasteiger partial charge on any atom is -0.464 e. The second-order valence-electron chi connectivity index (χ2n) is 4.28. The van der Waals surface area contributed by atoms with Crippen molar-refractivity contribution < 1.29 is 14.3 Å². The van der Waals surface area contributed by atoms with Crippen molar-refractivity contribution in [2.45, 2.75) is 26.4 Å². The number of carbonyl (C=O) groups is 2. The quantitative estimate of drug-likeness (QED) is 0.584. The minimum absolute atomic E-state index is 0.185. The Morgan fingerprint density at radius 1 is 1.60 bits per heavy atom.